The first kappa shape index (κ1) is 14.9. The maximum absolute atomic E-state index is 12.5. The van der Waals surface area contributed by atoms with Crippen molar-refractivity contribution in [3.8, 4) is 0 Å². The predicted octanol–water partition coefficient (Wildman–Crippen LogP) is 0.886. The van der Waals surface area contributed by atoms with Crippen LogP contribution in [0.1, 0.15) is 12.0 Å². The van der Waals surface area contributed by atoms with Crippen molar-refractivity contribution < 1.29 is 13.3 Å². The second kappa shape index (κ2) is 5.47. The third-order valence-corrected chi connectivity index (χ3v) is 5.51. The zero-order chi connectivity index (χ0) is 14.9. The van der Waals surface area contributed by atoms with Crippen molar-refractivity contribution in [1.29, 1.82) is 0 Å². The molecule has 0 spiro atoms. The predicted molar refractivity (Wildman–Crippen MR) is 74.1 cm³/mol. The Bertz CT molecular complexity index is 624. The summed E-state index contributed by atoms with van der Waals surface area (Å²) in [6.45, 7) is 2.96. The van der Waals surface area contributed by atoms with Gasteiger partial charge in [0.2, 0.25) is 10.0 Å². The van der Waals surface area contributed by atoms with Crippen molar-refractivity contribution in [2.24, 2.45) is 0 Å². The number of nitrogens with zero attached hydrogens (tertiary/aromatic N) is 2. The number of sulfonamides is 1. The Labute approximate surface area is 117 Å². The number of benzene rings is 1. The summed E-state index contributed by atoms with van der Waals surface area (Å²) >= 11 is 0. The fraction of sp³-hybridized carbons (Fsp3) is 0.500. The lowest BCUT2D eigenvalue weighted by atomic mass is 10.2. The number of likely N-dealkylation sites (N-methyl/N-ethyl adjacent to an activating group) is 1. The van der Waals surface area contributed by atoms with Gasteiger partial charge in [-0.1, -0.05) is 6.07 Å². The molecule has 7 nitrogen and oxygen atoms in total. The molecule has 8 heteroatoms. The van der Waals surface area contributed by atoms with E-state index in [0.29, 0.717) is 12.1 Å². The minimum atomic E-state index is -3.71. The third-order valence-electron chi connectivity index (χ3n) is 3.60. The summed E-state index contributed by atoms with van der Waals surface area (Å²) in [4.78, 5) is 10.3. The molecule has 1 fully saturated rings. The Balaban J connectivity index is 2.38. The zero-order valence-electron chi connectivity index (χ0n) is 11.4. The van der Waals surface area contributed by atoms with Crippen molar-refractivity contribution in [3.05, 3.63) is 33.9 Å². The van der Waals surface area contributed by atoms with Crippen molar-refractivity contribution in [2.45, 2.75) is 24.3 Å². The van der Waals surface area contributed by atoms with Crippen molar-refractivity contribution >= 4 is 15.7 Å². The minimum absolute atomic E-state index is 0.0378. The van der Waals surface area contributed by atoms with E-state index in [2.05, 4.69) is 5.32 Å². The lowest BCUT2D eigenvalue weighted by molar-refractivity contribution is -0.385. The van der Waals surface area contributed by atoms with E-state index in [9.17, 15) is 18.5 Å². The summed E-state index contributed by atoms with van der Waals surface area (Å²) in [5, 5.41) is 14.0. The van der Waals surface area contributed by atoms with Gasteiger partial charge in [-0.3, -0.25) is 10.1 Å². The highest BCUT2D eigenvalue weighted by Gasteiger charge is 2.31. The quantitative estimate of drug-likeness (QED) is 0.658. The van der Waals surface area contributed by atoms with E-state index in [1.807, 2.05) is 0 Å². The van der Waals surface area contributed by atoms with Crippen LogP contribution in [0.4, 0.5) is 5.69 Å². The van der Waals surface area contributed by atoms with Gasteiger partial charge in [-0.2, -0.15) is 4.31 Å². The van der Waals surface area contributed by atoms with E-state index in [-0.39, 0.29) is 16.6 Å². The number of rotatable bonds is 4. The van der Waals surface area contributed by atoms with Crippen LogP contribution < -0.4 is 5.32 Å². The maximum atomic E-state index is 12.5. The van der Waals surface area contributed by atoms with Gasteiger partial charge >= 0.3 is 0 Å². The Hall–Kier alpha value is -1.51. The van der Waals surface area contributed by atoms with Gasteiger partial charge in [0.1, 0.15) is 0 Å². The highest BCUT2D eigenvalue weighted by Crippen LogP contribution is 2.25. The van der Waals surface area contributed by atoms with Gasteiger partial charge in [-0.15, -0.1) is 0 Å². The number of nitro benzene ring substituents is 1. The van der Waals surface area contributed by atoms with Crippen molar-refractivity contribution in [2.75, 3.05) is 20.1 Å². The van der Waals surface area contributed by atoms with E-state index in [1.165, 1.54) is 23.5 Å². The van der Waals surface area contributed by atoms with Crippen LogP contribution in [0.2, 0.25) is 0 Å². The molecule has 1 aromatic rings. The van der Waals surface area contributed by atoms with Gasteiger partial charge in [-0.25, -0.2) is 8.42 Å². The van der Waals surface area contributed by atoms with Crippen LogP contribution in [0.15, 0.2) is 23.1 Å². The lowest BCUT2D eigenvalue weighted by Gasteiger charge is -2.23. The number of hydrogen-bond acceptors (Lipinski definition) is 5. The maximum Gasteiger partial charge on any atom is 0.273 e. The van der Waals surface area contributed by atoms with E-state index >= 15 is 0 Å². The van der Waals surface area contributed by atoms with Gasteiger partial charge in [-0.05, 0) is 26.0 Å². The molecule has 110 valence electrons. The van der Waals surface area contributed by atoms with Crippen LogP contribution in [-0.2, 0) is 10.0 Å². The smallest absolute Gasteiger partial charge is 0.273 e. The molecule has 1 N–H and O–H groups in total. The summed E-state index contributed by atoms with van der Waals surface area (Å²) in [5.41, 5.74) is 0.267. The molecule has 0 amide bonds. The Kier molecular flexibility index (Phi) is 4.07. The summed E-state index contributed by atoms with van der Waals surface area (Å²) in [6, 6.07) is 3.90. The molecule has 1 aliphatic heterocycles. The highest BCUT2D eigenvalue weighted by molar-refractivity contribution is 7.89. The van der Waals surface area contributed by atoms with Gasteiger partial charge in [0.05, 0.1) is 9.82 Å². The van der Waals surface area contributed by atoms with Crippen LogP contribution in [0.3, 0.4) is 0 Å². The molecule has 0 saturated carbocycles. The second-order valence-electron chi connectivity index (χ2n) is 4.87. The average Bonchev–Trinajstić information content (AvgIpc) is 2.91. The van der Waals surface area contributed by atoms with Crippen LogP contribution in [0.25, 0.3) is 0 Å². The van der Waals surface area contributed by atoms with E-state index in [4.69, 9.17) is 0 Å². The molecule has 1 heterocycles. The summed E-state index contributed by atoms with van der Waals surface area (Å²) in [7, 11) is -2.19. The molecule has 0 radical (unpaired) electrons. The molecule has 0 bridgehead atoms. The first-order valence-electron chi connectivity index (χ1n) is 6.28. The largest absolute Gasteiger partial charge is 0.315 e. The molecule has 0 aliphatic carbocycles. The Morgan fingerprint density at radius 1 is 1.45 bits per heavy atom. The number of hydrogen-bond donors (Lipinski definition) is 1. The first-order valence-corrected chi connectivity index (χ1v) is 7.72. The topological polar surface area (TPSA) is 92.6 Å². The molecule has 1 aliphatic rings. The molecule has 1 atom stereocenters. The monoisotopic (exact) mass is 299 g/mol. The lowest BCUT2D eigenvalue weighted by Crippen LogP contribution is -2.38. The average molecular weight is 299 g/mol. The fourth-order valence-electron chi connectivity index (χ4n) is 2.26. The number of nitro groups is 1. The summed E-state index contributed by atoms with van der Waals surface area (Å²) in [6.07, 6.45) is 0.740. The van der Waals surface area contributed by atoms with E-state index in [1.54, 1.807) is 6.92 Å². The molecular formula is C12H17N3O4S. The van der Waals surface area contributed by atoms with E-state index < -0.39 is 14.9 Å². The Morgan fingerprint density at radius 3 is 2.70 bits per heavy atom. The van der Waals surface area contributed by atoms with Gasteiger partial charge < -0.3 is 5.32 Å². The SMILES string of the molecule is Cc1ccc(S(=O)(=O)N(C)C2CCNC2)cc1[N+](=O)[O-]. The third kappa shape index (κ3) is 2.67. The summed E-state index contributed by atoms with van der Waals surface area (Å²) < 4.78 is 26.3. The van der Waals surface area contributed by atoms with Crippen LogP contribution >= 0.6 is 0 Å². The molecule has 0 aromatic heterocycles. The summed E-state index contributed by atoms with van der Waals surface area (Å²) in [5.74, 6) is 0. The molecule has 1 unspecified atom stereocenters. The Morgan fingerprint density at radius 2 is 2.15 bits per heavy atom. The van der Waals surface area contributed by atoms with Crippen molar-refractivity contribution in [1.82, 2.24) is 9.62 Å². The van der Waals surface area contributed by atoms with Crippen LogP contribution in [0, 0.1) is 17.0 Å². The molecular weight excluding hydrogens is 282 g/mol. The van der Waals surface area contributed by atoms with Crippen molar-refractivity contribution in [3.63, 3.8) is 0 Å². The van der Waals surface area contributed by atoms with Gasteiger partial charge in [0.15, 0.2) is 0 Å². The highest BCUT2D eigenvalue weighted by atomic mass is 32.2. The second-order valence-corrected chi connectivity index (χ2v) is 6.87. The van der Waals surface area contributed by atoms with Crippen LogP contribution in [0.5, 0.6) is 0 Å². The van der Waals surface area contributed by atoms with E-state index in [0.717, 1.165) is 19.0 Å². The number of aryl methyl sites for hydroxylation is 1. The normalized spacial score (nSPS) is 19.4. The molecule has 2 rings (SSSR count). The molecule has 20 heavy (non-hydrogen) atoms. The fourth-order valence-corrected chi connectivity index (χ4v) is 3.66. The first-order chi connectivity index (χ1) is 9.34. The van der Waals surface area contributed by atoms with Gasteiger partial charge in [0, 0.05) is 31.3 Å². The molecule has 1 aromatic carbocycles. The standard InChI is InChI=1S/C12H17N3O4S/c1-9-3-4-11(7-12(9)15(16)17)20(18,19)14(2)10-5-6-13-8-10/h3-4,7,10,13H,5-6,8H2,1-2H3. The zero-order valence-corrected chi connectivity index (χ0v) is 12.2. The van der Waals surface area contributed by atoms with Crippen LogP contribution in [-0.4, -0.2) is 43.8 Å². The minimum Gasteiger partial charge on any atom is -0.315 e. The number of nitrogens with one attached hydrogen (secondary N) is 1. The molecule has 1 saturated heterocycles. The van der Waals surface area contributed by atoms with Gasteiger partial charge in [0.25, 0.3) is 5.69 Å².